The summed E-state index contributed by atoms with van der Waals surface area (Å²) < 4.78 is 7.95. The molecule has 174 valence electrons. The number of thioether (sulfide) groups is 1. The Morgan fingerprint density at radius 3 is 2.62 bits per heavy atom. The van der Waals surface area contributed by atoms with E-state index in [2.05, 4.69) is 15.4 Å². The predicted molar refractivity (Wildman–Crippen MR) is 137 cm³/mol. The second-order valence-corrected chi connectivity index (χ2v) is 8.86. The summed E-state index contributed by atoms with van der Waals surface area (Å²) in [5.74, 6) is 0.651. The van der Waals surface area contributed by atoms with Crippen LogP contribution in [0.3, 0.4) is 0 Å². The normalized spacial score (nSPS) is 11.8. The smallest absolute Gasteiger partial charge is 0.255 e. The van der Waals surface area contributed by atoms with Gasteiger partial charge in [0.05, 0.1) is 5.69 Å². The Morgan fingerprint density at radius 2 is 1.94 bits per heavy atom. The number of aryl methyl sites for hydroxylation is 2. The van der Waals surface area contributed by atoms with Gasteiger partial charge in [-0.3, -0.25) is 9.48 Å². The first-order chi connectivity index (χ1) is 16.3. The van der Waals surface area contributed by atoms with E-state index in [4.69, 9.17) is 10.5 Å². The van der Waals surface area contributed by atoms with Gasteiger partial charge >= 0.3 is 0 Å². The molecule has 3 N–H and O–H groups in total. The minimum absolute atomic E-state index is 0.161. The third kappa shape index (κ3) is 5.23. The van der Waals surface area contributed by atoms with E-state index in [1.165, 1.54) is 0 Å². The first-order valence-corrected chi connectivity index (χ1v) is 12.0. The average molecular weight is 474 g/mol. The van der Waals surface area contributed by atoms with Crippen LogP contribution in [-0.2, 0) is 7.05 Å². The Hall–Kier alpha value is -3.78. The van der Waals surface area contributed by atoms with Crippen LogP contribution in [-0.4, -0.2) is 26.9 Å². The number of carbonyl (C=O) groups is 1. The molecule has 1 atom stereocenters. The number of carbonyl (C=O) groups excluding carboxylic acids is 1. The first kappa shape index (κ1) is 23.4. The van der Waals surface area contributed by atoms with Crippen molar-refractivity contribution in [2.45, 2.75) is 24.8 Å². The zero-order valence-corrected chi connectivity index (χ0v) is 20.4. The van der Waals surface area contributed by atoms with Gasteiger partial charge < -0.3 is 15.8 Å². The molecule has 4 rings (SSSR count). The van der Waals surface area contributed by atoms with Gasteiger partial charge in [0.25, 0.3) is 5.91 Å². The Balaban J connectivity index is 1.50. The molecule has 0 spiro atoms. The third-order valence-corrected chi connectivity index (χ3v) is 6.22. The van der Waals surface area contributed by atoms with Crippen molar-refractivity contribution >= 4 is 29.2 Å². The lowest BCUT2D eigenvalue weighted by atomic mass is 10.1. The van der Waals surface area contributed by atoms with Crippen LogP contribution in [0.4, 0.5) is 11.5 Å². The molecule has 0 radical (unpaired) electrons. The van der Waals surface area contributed by atoms with Crippen LogP contribution < -0.4 is 15.8 Å². The van der Waals surface area contributed by atoms with Gasteiger partial charge in [-0.1, -0.05) is 12.1 Å². The zero-order chi connectivity index (χ0) is 24.2. The molecule has 0 aliphatic heterocycles. The molecular weight excluding hydrogens is 446 g/mol. The number of pyridine rings is 1. The molecule has 0 aliphatic carbocycles. The standard InChI is InChI=1S/C26H27N5O2S/c1-16-23(15-31(3)30-16)20-13-24(25(27)28-14-20)33-17(2)19-6-5-7-21(12-19)29-26(32)18-8-10-22(34-4)11-9-18/h5-15,17H,1-4H3,(H2,27,28)(H,29,32)/t17-/m1/s1. The molecule has 0 saturated heterocycles. The first-order valence-electron chi connectivity index (χ1n) is 10.8. The van der Waals surface area contributed by atoms with Crippen LogP contribution in [0.1, 0.15) is 34.6 Å². The molecule has 4 aromatic rings. The fraction of sp³-hybridized carbons (Fsp3) is 0.192. The minimum Gasteiger partial charge on any atom is -0.482 e. The molecule has 0 fully saturated rings. The summed E-state index contributed by atoms with van der Waals surface area (Å²) in [6.07, 6.45) is 5.35. The number of amides is 1. The van der Waals surface area contributed by atoms with Gasteiger partial charge in [0.1, 0.15) is 6.10 Å². The molecule has 0 aliphatic rings. The Bertz CT molecular complexity index is 1320. The number of nitrogens with zero attached hydrogens (tertiary/aromatic N) is 3. The highest BCUT2D eigenvalue weighted by Crippen LogP contribution is 2.32. The summed E-state index contributed by atoms with van der Waals surface area (Å²) in [5.41, 5.74) is 11.1. The second-order valence-electron chi connectivity index (χ2n) is 7.98. The Labute approximate surface area is 203 Å². The lowest BCUT2D eigenvalue weighted by Gasteiger charge is -2.18. The molecule has 2 heterocycles. The summed E-state index contributed by atoms with van der Waals surface area (Å²) >= 11 is 1.64. The maximum Gasteiger partial charge on any atom is 0.255 e. The number of ether oxygens (including phenoxy) is 1. The van der Waals surface area contributed by atoms with E-state index in [0.29, 0.717) is 22.8 Å². The van der Waals surface area contributed by atoms with Gasteiger partial charge in [0.2, 0.25) is 0 Å². The van der Waals surface area contributed by atoms with Crippen LogP contribution in [0.25, 0.3) is 11.1 Å². The number of aromatic nitrogens is 3. The van der Waals surface area contributed by atoms with Crippen LogP contribution in [0.15, 0.2) is 71.9 Å². The number of nitrogens with two attached hydrogens (primary N) is 1. The summed E-state index contributed by atoms with van der Waals surface area (Å²) in [7, 11) is 1.88. The molecule has 0 saturated carbocycles. The maximum absolute atomic E-state index is 12.7. The molecule has 0 unspecified atom stereocenters. The van der Waals surface area contributed by atoms with E-state index < -0.39 is 0 Å². The monoisotopic (exact) mass is 473 g/mol. The van der Waals surface area contributed by atoms with Crippen molar-refractivity contribution < 1.29 is 9.53 Å². The lowest BCUT2D eigenvalue weighted by Crippen LogP contribution is -2.12. The van der Waals surface area contributed by atoms with Crippen molar-refractivity contribution in [1.29, 1.82) is 0 Å². The molecule has 34 heavy (non-hydrogen) atoms. The van der Waals surface area contributed by atoms with E-state index in [1.54, 1.807) is 22.6 Å². The Kier molecular flexibility index (Phi) is 6.88. The fourth-order valence-corrected chi connectivity index (χ4v) is 4.06. The van der Waals surface area contributed by atoms with E-state index in [-0.39, 0.29) is 12.0 Å². The molecule has 8 heteroatoms. The van der Waals surface area contributed by atoms with Gasteiger partial charge in [-0.25, -0.2) is 4.98 Å². The maximum atomic E-state index is 12.7. The zero-order valence-electron chi connectivity index (χ0n) is 19.6. The number of benzene rings is 2. The SMILES string of the molecule is CSc1ccc(C(=O)Nc2cccc([C@@H](C)Oc3cc(-c4cn(C)nc4C)cnc3N)c2)cc1. The predicted octanol–water partition coefficient (Wildman–Crippen LogP) is 5.49. The Morgan fingerprint density at radius 1 is 1.18 bits per heavy atom. The van der Waals surface area contributed by atoms with Gasteiger partial charge in [-0.15, -0.1) is 11.8 Å². The minimum atomic E-state index is -0.313. The molecule has 2 aromatic carbocycles. The van der Waals surface area contributed by atoms with Crippen molar-refractivity contribution in [2.75, 3.05) is 17.3 Å². The van der Waals surface area contributed by atoms with Crippen molar-refractivity contribution in [3.63, 3.8) is 0 Å². The van der Waals surface area contributed by atoms with Gasteiger partial charge in [-0.2, -0.15) is 5.10 Å². The fourth-order valence-electron chi connectivity index (χ4n) is 3.65. The summed E-state index contributed by atoms with van der Waals surface area (Å²) in [4.78, 5) is 18.1. The number of nitrogen functional groups attached to an aromatic ring is 1. The second kappa shape index (κ2) is 10.0. The van der Waals surface area contributed by atoms with Gasteiger partial charge in [-0.05, 0) is 68.1 Å². The van der Waals surface area contributed by atoms with E-state index in [9.17, 15) is 4.79 Å². The molecule has 1 amide bonds. The molecule has 2 aromatic heterocycles. The molecular formula is C26H27N5O2S. The van der Waals surface area contributed by atoms with Crippen LogP contribution in [0.2, 0.25) is 0 Å². The average Bonchev–Trinajstić information content (AvgIpc) is 3.18. The van der Waals surface area contributed by atoms with E-state index in [0.717, 1.165) is 27.3 Å². The van der Waals surface area contributed by atoms with Crippen LogP contribution >= 0.6 is 11.8 Å². The summed E-state index contributed by atoms with van der Waals surface area (Å²) in [6, 6.07) is 17.0. The van der Waals surface area contributed by atoms with E-state index >= 15 is 0 Å². The number of anilines is 2. The van der Waals surface area contributed by atoms with Crippen molar-refractivity contribution in [1.82, 2.24) is 14.8 Å². The summed E-state index contributed by atoms with van der Waals surface area (Å²) in [5, 5.41) is 7.35. The van der Waals surface area contributed by atoms with Gasteiger partial charge in [0.15, 0.2) is 11.6 Å². The quantitative estimate of drug-likeness (QED) is 0.345. The highest BCUT2D eigenvalue weighted by atomic mass is 32.2. The van der Waals surface area contributed by atoms with Crippen molar-refractivity contribution in [3.8, 4) is 16.9 Å². The van der Waals surface area contributed by atoms with E-state index in [1.807, 2.05) is 87.9 Å². The molecule has 7 nitrogen and oxygen atoms in total. The molecule has 0 bridgehead atoms. The highest BCUT2D eigenvalue weighted by Gasteiger charge is 2.15. The lowest BCUT2D eigenvalue weighted by molar-refractivity contribution is 0.102. The summed E-state index contributed by atoms with van der Waals surface area (Å²) in [6.45, 7) is 3.88. The number of hydrogen-bond acceptors (Lipinski definition) is 6. The largest absolute Gasteiger partial charge is 0.482 e. The highest BCUT2D eigenvalue weighted by molar-refractivity contribution is 7.98. The van der Waals surface area contributed by atoms with Crippen molar-refractivity contribution in [3.05, 3.63) is 83.8 Å². The number of hydrogen-bond donors (Lipinski definition) is 2. The van der Waals surface area contributed by atoms with Gasteiger partial charge in [0, 0.05) is 46.7 Å². The van der Waals surface area contributed by atoms with Crippen LogP contribution in [0.5, 0.6) is 5.75 Å². The number of nitrogens with one attached hydrogen (secondary N) is 1. The number of rotatable bonds is 7. The topological polar surface area (TPSA) is 95.1 Å². The van der Waals surface area contributed by atoms with Crippen LogP contribution in [0, 0.1) is 6.92 Å². The van der Waals surface area contributed by atoms with Crippen molar-refractivity contribution in [2.24, 2.45) is 7.05 Å². The third-order valence-electron chi connectivity index (χ3n) is 5.48.